The van der Waals surface area contributed by atoms with Crippen molar-refractivity contribution in [3.63, 3.8) is 0 Å². The summed E-state index contributed by atoms with van der Waals surface area (Å²) in [6.07, 6.45) is 1.22. The predicted molar refractivity (Wildman–Crippen MR) is 125 cm³/mol. The molecule has 0 saturated heterocycles. The minimum absolute atomic E-state index is 0.144. The van der Waals surface area contributed by atoms with Gasteiger partial charge < -0.3 is 9.47 Å². The van der Waals surface area contributed by atoms with Crippen LogP contribution in [0.15, 0.2) is 60.7 Å². The molecule has 0 aliphatic rings. The van der Waals surface area contributed by atoms with Crippen molar-refractivity contribution in [3.05, 3.63) is 66.2 Å². The Labute approximate surface area is 183 Å². The molecule has 4 aromatic rings. The maximum absolute atomic E-state index is 5.80. The normalized spacial score (nSPS) is 11.5. The Hall–Kier alpha value is -3.34. The van der Waals surface area contributed by atoms with E-state index in [0.717, 1.165) is 40.2 Å². The van der Waals surface area contributed by atoms with Gasteiger partial charge in [0.15, 0.2) is 0 Å². The van der Waals surface area contributed by atoms with Crippen molar-refractivity contribution >= 4 is 11.0 Å². The number of aryl methyl sites for hydroxylation is 1. The van der Waals surface area contributed by atoms with Crippen molar-refractivity contribution in [1.82, 2.24) is 15.0 Å². The van der Waals surface area contributed by atoms with Gasteiger partial charge in [-0.15, -0.1) is 5.10 Å². The highest BCUT2D eigenvalue weighted by Crippen LogP contribution is 2.31. The van der Waals surface area contributed by atoms with Crippen molar-refractivity contribution < 1.29 is 9.47 Å². The lowest BCUT2D eigenvalue weighted by atomic mass is 9.97. The van der Waals surface area contributed by atoms with E-state index in [2.05, 4.69) is 41.5 Å². The maximum atomic E-state index is 5.80. The Bertz CT molecular complexity index is 1160. The Morgan fingerprint density at radius 3 is 1.94 bits per heavy atom. The van der Waals surface area contributed by atoms with Crippen molar-refractivity contribution in [2.45, 2.75) is 53.2 Å². The quantitative estimate of drug-likeness (QED) is 0.359. The molecule has 5 nitrogen and oxygen atoms in total. The summed E-state index contributed by atoms with van der Waals surface area (Å²) in [5, 5.41) is 8.84. The fraction of sp³-hybridized carbons (Fsp3) is 0.308. The van der Waals surface area contributed by atoms with Gasteiger partial charge in [-0.25, -0.2) is 4.68 Å². The van der Waals surface area contributed by atoms with E-state index in [1.807, 2.05) is 68.8 Å². The molecule has 31 heavy (non-hydrogen) atoms. The van der Waals surface area contributed by atoms with E-state index in [9.17, 15) is 0 Å². The number of ether oxygens (including phenoxy) is 2. The minimum atomic E-state index is 0.144. The lowest BCUT2D eigenvalue weighted by Gasteiger charge is -2.13. The highest BCUT2D eigenvalue weighted by atomic mass is 16.5. The molecule has 0 unspecified atom stereocenters. The van der Waals surface area contributed by atoms with E-state index in [1.165, 1.54) is 11.1 Å². The Kier molecular flexibility index (Phi) is 5.94. The van der Waals surface area contributed by atoms with Gasteiger partial charge >= 0.3 is 0 Å². The van der Waals surface area contributed by atoms with Gasteiger partial charge in [-0.3, -0.25) is 0 Å². The largest absolute Gasteiger partial charge is 0.491 e. The molecule has 160 valence electrons. The molecule has 5 heteroatoms. The average Bonchev–Trinajstić information content (AvgIpc) is 3.16. The van der Waals surface area contributed by atoms with Crippen molar-refractivity contribution in [2.75, 3.05) is 0 Å². The van der Waals surface area contributed by atoms with E-state index in [0.29, 0.717) is 0 Å². The third kappa shape index (κ3) is 4.55. The number of aromatic nitrogens is 3. The first kappa shape index (κ1) is 20.9. The van der Waals surface area contributed by atoms with Crippen LogP contribution < -0.4 is 9.47 Å². The summed E-state index contributed by atoms with van der Waals surface area (Å²) in [5.41, 5.74) is 6.42. The molecule has 0 fully saturated rings. The van der Waals surface area contributed by atoms with Crippen molar-refractivity contribution in [2.24, 2.45) is 0 Å². The monoisotopic (exact) mass is 415 g/mol. The summed E-state index contributed by atoms with van der Waals surface area (Å²) in [6, 6.07) is 20.6. The third-order valence-electron chi connectivity index (χ3n) is 5.04. The first-order valence-electron chi connectivity index (χ1n) is 10.9. The summed E-state index contributed by atoms with van der Waals surface area (Å²) < 4.78 is 13.4. The molecule has 4 rings (SSSR count). The number of hydrogen-bond donors (Lipinski definition) is 0. The van der Waals surface area contributed by atoms with Crippen molar-refractivity contribution in [3.8, 4) is 28.3 Å². The van der Waals surface area contributed by atoms with Crippen molar-refractivity contribution in [1.29, 1.82) is 0 Å². The lowest BCUT2D eigenvalue weighted by molar-refractivity contribution is 0.242. The summed E-state index contributed by atoms with van der Waals surface area (Å²) in [4.78, 5) is 0. The number of fused-ring (bicyclic) bond motifs is 1. The third-order valence-corrected chi connectivity index (χ3v) is 5.04. The first-order valence-corrected chi connectivity index (χ1v) is 10.9. The summed E-state index contributed by atoms with van der Waals surface area (Å²) in [6.45, 7) is 10.3. The summed E-state index contributed by atoms with van der Waals surface area (Å²) in [5.74, 6) is 1.73. The number of hydrogen-bond acceptors (Lipinski definition) is 4. The SMILES string of the molecule is CCc1cc2nnn(-c3ccc(OC(C)C)cc3)c2cc1-c1ccc(OC(C)C)cc1. The molecule has 0 N–H and O–H groups in total. The second-order valence-electron chi connectivity index (χ2n) is 8.20. The highest BCUT2D eigenvalue weighted by Gasteiger charge is 2.13. The molecule has 1 aromatic heterocycles. The lowest BCUT2D eigenvalue weighted by Crippen LogP contribution is -2.05. The van der Waals surface area contributed by atoms with Gasteiger partial charge in [-0.05, 0) is 99.3 Å². The summed E-state index contributed by atoms with van der Waals surface area (Å²) >= 11 is 0. The Balaban J connectivity index is 1.74. The topological polar surface area (TPSA) is 49.2 Å². The van der Waals surface area contributed by atoms with E-state index in [4.69, 9.17) is 9.47 Å². The van der Waals surface area contributed by atoms with E-state index < -0.39 is 0 Å². The van der Waals surface area contributed by atoms with E-state index >= 15 is 0 Å². The van der Waals surface area contributed by atoms with Gasteiger partial charge in [0.2, 0.25) is 0 Å². The van der Waals surface area contributed by atoms with Crippen LogP contribution in [-0.4, -0.2) is 27.2 Å². The van der Waals surface area contributed by atoms with Gasteiger partial charge in [0.25, 0.3) is 0 Å². The fourth-order valence-corrected chi connectivity index (χ4v) is 3.69. The minimum Gasteiger partial charge on any atom is -0.491 e. The molecule has 0 aliphatic heterocycles. The van der Waals surface area contributed by atoms with Crippen LogP contribution in [0.1, 0.15) is 40.2 Å². The molecule has 0 aliphatic carbocycles. The van der Waals surface area contributed by atoms with Crippen LogP contribution in [0.5, 0.6) is 11.5 Å². The molecule has 0 bridgehead atoms. The van der Waals surface area contributed by atoms with Gasteiger partial charge in [0.1, 0.15) is 17.0 Å². The van der Waals surface area contributed by atoms with Gasteiger partial charge in [-0.2, -0.15) is 0 Å². The molecule has 0 radical (unpaired) electrons. The zero-order valence-corrected chi connectivity index (χ0v) is 18.8. The smallest absolute Gasteiger partial charge is 0.119 e. The zero-order valence-electron chi connectivity index (χ0n) is 18.8. The van der Waals surface area contributed by atoms with Gasteiger partial charge in [0.05, 0.1) is 23.4 Å². The number of rotatable bonds is 7. The zero-order chi connectivity index (χ0) is 22.0. The number of nitrogens with zero attached hydrogens (tertiary/aromatic N) is 3. The second-order valence-corrected chi connectivity index (χ2v) is 8.20. The Morgan fingerprint density at radius 2 is 1.39 bits per heavy atom. The molecule has 0 atom stereocenters. The molecule has 1 heterocycles. The van der Waals surface area contributed by atoms with E-state index in [-0.39, 0.29) is 12.2 Å². The molecular formula is C26H29N3O2. The predicted octanol–water partition coefficient (Wildman–Crippen LogP) is 6.22. The molecule has 0 spiro atoms. The van der Waals surface area contributed by atoms with Crippen LogP contribution in [0.25, 0.3) is 27.8 Å². The van der Waals surface area contributed by atoms with Crippen LogP contribution in [0.4, 0.5) is 0 Å². The Morgan fingerprint density at radius 1 is 0.806 bits per heavy atom. The molecular weight excluding hydrogens is 386 g/mol. The van der Waals surface area contributed by atoms with Crippen LogP contribution >= 0.6 is 0 Å². The number of benzene rings is 3. The molecule has 0 amide bonds. The van der Waals surface area contributed by atoms with Crippen LogP contribution in [-0.2, 0) is 6.42 Å². The van der Waals surface area contributed by atoms with Crippen LogP contribution in [0, 0.1) is 0 Å². The van der Waals surface area contributed by atoms with Gasteiger partial charge in [-0.1, -0.05) is 24.3 Å². The fourth-order valence-electron chi connectivity index (χ4n) is 3.69. The van der Waals surface area contributed by atoms with E-state index in [1.54, 1.807) is 0 Å². The molecule has 0 saturated carbocycles. The maximum Gasteiger partial charge on any atom is 0.119 e. The van der Waals surface area contributed by atoms with Gasteiger partial charge in [0, 0.05) is 0 Å². The first-order chi connectivity index (χ1) is 14.9. The molecule has 3 aromatic carbocycles. The van der Waals surface area contributed by atoms with Crippen LogP contribution in [0.3, 0.4) is 0 Å². The highest BCUT2D eigenvalue weighted by molar-refractivity contribution is 5.85. The van der Waals surface area contributed by atoms with Crippen LogP contribution in [0.2, 0.25) is 0 Å². The second kappa shape index (κ2) is 8.80. The summed E-state index contributed by atoms with van der Waals surface area (Å²) in [7, 11) is 0. The standard InChI is InChI=1S/C26H29N3O2/c1-6-19-15-25-26(16-24(19)20-7-11-22(12-8-20)30-17(2)3)29(28-27-25)21-9-13-23(14-10-21)31-18(4)5/h7-18H,6H2,1-5H3. The average molecular weight is 416 g/mol.